The Morgan fingerprint density at radius 3 is 2.24 bits per heavy atom. The van der Waals surface area contributed by atoms with Gasteiger partial charge in [-0.15, -0.1) is 0 Å². The number of carbonyl (C=O) groups excluding carboxylic acids is 2. The third-order valence-corrected chi connectivity index (χ3v) is 4.61. The molecule has 7 nitrogen and oxygen atoms in total. The Balaban J connectivity index is 1.62. The predicted octanol–water partition coefficient (Wildman–Crippen LogP) is 5.36. The number of amides is 2. The number of methoxy groups -OCH3 is 1. The number of alkyl halides is 2. The van der Waals surface area contributed by atoms with Crippen molar-refractivity contribution in [3.63, 3.8) is 0 Å². The molecule has 0 aromatic heterocycles. The van der Waals surface area contributed by atoms with E-state index >= 15 is 0 Å². The summed E-state index contributed by atoms with van der Waals surface area (Å²) in [5.74, 6) is -1.25. The van der Waals surface area contributed by atoms with Crippen molar-refractivity contribution in [3.05, 3.63) is 77.1 Å². The zero-order valence-corrected chi connectivity index (χ0v) is 18.4. The second-order valence-corrected chi connectivity index (χ2v) is 7.09. The zero-order valence-electron chi connectivity index (χ0n) is 17.6. The van der Waals surface area contributed by atoms with Crippen LogP contribution in [0.5, 0.6) is 17.2 Å². The average molecular weight is 495 g/mol. The molecule has 0 heterocycles. The summed E-state index contributed by atoms with van der Waals surface area (Å²) in [4.78, 5) is 24.6. The highest BCUT2D eigenvalue weighted by Crippen LogP contribution is 2.31. The molecule has 3 aromatic carbocycles. The number of benzene rings is 3. The van der Waals surface area contributed by atoms with Gasteiger partial charge in [-0.05, 0) is 60.7 Å². The van der Waals surface area contributed by atoms with Crippen molar-refractivity contribution in [2.75, 3.05) is 24.4 Å². The highest BCUT2D eigenvalue weighted by molar-refractivity contribution is 6.32. The van der Waals surface area contributed by atoms with Crippen LogP contribution in [0.1, 0.15) is 10.4 Å². The van der Waals surface area contributed by atoms with Crippen LogP contribution in [0.4, 0.5) is 24.5 Å². The van der Waals surface area contributed by atoms with Gasteiger partial charge in [0.1, 0.15) is 11.6 Å². The first kappa shape index (κ1) is 24.7. The van der Waals surface area contributed by atoms with Gasteiger partial charge in [-0.1, -0.05) is 11.6 Å². The Kier molecular flexibility index (Phi) is 8.20. The lowest BCUT2D eigenvalue weighted by Gasteiger charge is -2.13. The summed E-state index contributed by atoms with van der Waals surface area (Å²) in [6.45, 7) is -3.38. The Labute approximate surface area is 197 Å². The van der Waals surface area contributed by atoms with E-state index < -0.39 is 24.2 Å². The maximum absolute atomic E-state index is 12.9. The van der Waals surface area contributed by atoms with Crippen molar-refractivity contribution >= 4 is 34.8 Å². The first-order valence-electron chi connectivity index (χ1n) is 9.67. The van der Waals surface area contributed by atoms with Gasteiger partial charge in [-0.3, -0.25) is 9.59 Å². The van der Waals surface area contributed by atoms with E-state index in [0.717, 1.165) is 0 Å². The summed E-state index contributed by atoms with van der Waals surface area (Å²) < 4.78 is 52.6. The Morgan fingerprint density at radius 2 is 1.59 bits per heavy atom. The van der Waals surface area contributed by atoms with Crippen molar-refractivity contribution in [1.29, 1.82) is 0 Å². The fraction of sp³-hybridized carbons (Fsp3) is 0.130. The predicted molar refractivity (Wildman–Crippen MR) is 120 cm³/mol. The maximum Gasteiger partial charge on any atom is 0.387 e. The maximum atomic E-state index is 12.9. The second-order valence-electron chi connectivity index (χ2n) is 6.69. The molecule has 0 fully saturated rings. The zero-order chi connectivity index (χ0) is 24.7. The van der Waals surface area contributed by atoms with Crippen LogP contribution in [0, 0.1) is 5.82 Å². The van der Waals surface area contributed by atoms with E-state index in [-0.39, 0.29) is 40.1 Å². The molecule has 0 aliphatic rings. The fourth-order valence-corrected chi connectivity index (χ4v) is 3.00. The number of ether oxygens (including phenoxy) is 3. The monoisotopic (exact) mass is 494 g/mol. The molecule has 0 atom stereocenters. The van der Waals surface area contributed by atoms with E-state index in [1.54, 1.807) is 0 Å². The normalized spacial score (nSPS) is 10.5. The minimum atomic E-state index is -3.03. The van der Waals surface area contributed by atoms with Crippen LogP contribution in [0.2, 0.25) is 5.02 Å². The van der Waals surface area contributed by atoms with Crippen LogP contribution < -0.4 is 24.8 Å². The third kappa shape index (κ3) is 6.79. The van der Waals surface area contributed by atoms with E-state index in [9.17, 15) is 22.8 Å². The Bertz CT molecular complexity index is 1180. The van der Waals surface area contributed by atoms with Gasteiger partial charge in [0, 0.05) is 16.9 Å². The standard InChI is InChI=1S/C23H18ClF3N2O5/c1-32-20-10-13(22(31)29-16-7-9-18(17(24)11-16)34-23(26)27)2-8-19(20)33-12-21(30)28-15-5-3-14(25)4-6-15/h2-11,23H,12H2,1H3,(H,28,30)(H,29,31). The second kappa shape index (κ2) is 11.3. The minimum absolute atomic E-state index is 0.0988. The van der Waals surface area contributed by atoms with Crippen molar-refractivity contribution in [2.45, 2.75) is 6.61 Å². The van der Waals surface area contributed by atoms with Gasteiger partial charge >= 0.3 is 6.61 Å². The van der Waals surface area contributed by atoms with Gasteiger partial charge in [0.25, 0.3) is 11.8 Å². The molecule has 0 saturated carbocycles. The van der Waals surface area contributed by atoms with Gasteiger partial charge < -0.3 is 24.8 Å². The molecule has 2 amide bonds. The molecule has 34 heavy (non-hydrogen) atoms. The lowest BCUT2D eigenvalue weighted by molar-refractivity contribution is -0.118. The molecular formula is C23H18ClF3N2O5. The van der Waals surface area contributed by atoms with E-state index in [1.165, 1.54) is 67.8 Å². The van der Waals surface area contributed by atoms with Crippen molar-refractivity contribution in [2.24, 2.45) is 0 Å². The van der Waals surface area contributed by atoms with Gasteiger partial charge in [-0.2, -0.15) is 8.78 Å². The molecule has 0 aliphatic heterocycles. The third-order valence-electron chi connectivity index (χ3n) is 4.32. The van der Waals surface area contributed by atoms with Crippen LogP contribution in [-0.2, 0) is 4.79 Å². The van der Waals surface area contributed by atoms with Gasteiger partial charge in [0.05, 0.1) is 12.1 Å². The number of anilines is 2. The van der Waals surface area contributed by atoms with Crippen LogP contribution in [0.25, 0.3) is 0 Å². The van der Waals surface area contributed by atoms with Crippen LogP contribution >= 0.6 is 11.6 Å². The molecule has 178 valence electrons. The Hall–Kier alpha value is -3.92. The van der Waals surface area contributed by atoms with Crippen molar-refractivity contribution in [1.82, 2.24) is 0 Å². The summed E-state index contributed by atoms with van der Waals surface area (Å²) in [6.07, 6.45) is 0. The first-order chi connectivity index (χ1) is 16.2. The van der Waals surface area contributed by atoms with Gasteiger partial charge in [0.15, 0.2) is 18.1 Å². The van der Waals surface area contributed by atoms with Gasteiger partial charge in [0.2, 0.25) is 0 Å². The van der Waals surface area contributed by atoms with Crippen LogP contribution in [0.15, 0.2) is 60.7 Å². The molecule has 0 unspecified atom stereocenters. The van der Waals surface area contributed by atoms with Gasteiger partial charge in [-0.25, -0.2) is 4.39 Å². The molecule has 3 rings (SSSR count). The number of halogens is 4. The highest BCUT2D eigenvalue weighted by atomic mass is 35.5. The fourth-order valence-electron chi connectivity index (χ4n) is 2.78. The smallest absolute Gasteiger partial charge is 0.387 e. The molecule has 0 aliphatic carbocycles. The summed E-state index contributed by atoms with van der Waals surface area (Å²) >= 11 is 5.89. The van der Waals surface area contributed by atoms with E-state index in [4.69, 9.17) is 21.1 Å². The molecule has 0 bridgehead atoms. The highest BCUT2D eigenvalue weighted by Gasteiger charge is 2.15. The topological polar surface area (TPSA) is 85.9 Å². The first-order valence-corrected chi connectivity index (χ1v) is 10.0. The van der Waals surface area contributed by atoms with Crippen molar-refractivity contribution in [3.8, 4) is 17.2 Å². The van der Waals surface area contributed by atoms with Crippen LogP contribution in [0.3, 0.4) is 0 Å². The van der Waals surface area contributed by atoms with E-state index in [0.29, 0.717) is 5.69 Å². The summed E-state index contributed by atoms with van der Waals surface area (Å²) in [6, 6.07) is 13.4. The van der Waals surface area contributed by atoms with Crippen molar-refractivity contribution < 1.29 is 37.0 Å². The number of nitrogens with one attached hydrogen (secondary N) is 2. The molecule has 11 heteroatoms. The number of rotatable bonds is 9. The lowest BCUT2D eigenvalue weighted by atomic mass is 10.1. The summed E-state index contributed by atoms with van der Waals surface area (Å²) in [7, 11) is 1.37. The number of hydrogen-bond donors (Lipinski definition) is 2. The quantitative estimate of drug-likeness (QED) is 0.418. The summed E-state index contributed by atoms with van der Waals surface area (Å²) in [5, 5.41) is 5.04. The van der Waals surface area contributed by atoms with Crippen LogP contribution in [-0.4, -0.2) is 32.1 Å². The molecular weight excluding hydrogens is 477 g/mol. The van der Waals surface area contributed by atoms with E-state index in [1.807, 2.05) is 0 Å². The largest absolute Gasteiger partial charge is 0.493 e. The lowest BCUT2D eigenvalue weighted by Crippen LogP contribution is -2.20. The molecule has 0 spiro atoms. The molecule has 2 N–H and O–H groups in total. The average Bonchev–Trinajstić information content (AvgIpc) is 2.80. The molecule has 3 aromatic rings. The molecule has 0 radical (unpaired) electrons. The SMILES string of the molecule is COc1cc(C(=O)Nc2ccc(OC(F)F)c(Cl)c2)ccc1OCC(=O)Nc1ccc(F)cc1. The number of hydrogen-bond acceptors (Lipinski definition) is 5. The molecule has 0 saturated heterocycles. The van der Waals surface area contributed by atoms with E-state index in [2.05, 4.69) is 15.4 Å². The minimum Gasteiger partial charge on any atom is -0.493 e. The summed E-state index contributed by atoms with van der Waals surface area (Å²) in [5.41, 5.74) is 0.861. The Morgan fingerprint density at radius 1 is 0.912 bits per heavy atom. The number of carbonyl (C=O) groups is 2.